The summed E-state index contributed by atoms with van der Waals surface area (Å²) >= 11 is 0. The lowest BCUT2D eigenvalue weighted by molar-refractivity contribution is 0.274. The fourth-order valence-corrected chi connectivity index (χ4v) is 1.64. The number of rotatable bonds is 0. The molecule has 2 aliphatic heterocycles. The van der Waals surface area contributed by atoms with E-state index >= 15 is 0 Å². The molecule has 0 spiro atoms. The third kappa shape index (κ3) is 3.79. The first kappa shape index (κ1) is 12.5. The molecule has 2 heterocycles. The van der Waals surface area contributed by atoms with Gasteiger partial charge in [0.1, 0.15) is 0 Å². The number of hydrogen-bond donors (Lipinski definition) is 0. The molecule has 2 nitrogen and oxygen atoms in total. The minimum absolute atomic E-state index is 0.777. The van der Waals surface area contributed by atoms with Crippen LogP contribution in [0.5, 0.6) is 0 Å². The summed E-state index contributed by atoms with van der Waals surface area (Å²) < 4.78 is 0. The Morgan fingerprint density at radius 2 is 1.85 bits per heavy atom. The van der Waals surface area contributed by atoms with Crippen LogP contribution >= 0.6 is 0 Å². The first-order chi connectivity index (χ1) is 6.47. The van der Waals surface area contributed by atoms with Crippen LogP contribution in [0.1, 0.15) is 47.0 Å². The summed E-state index contributed by atoms with van der Waals surface area (Å²) in [5.74, 6) is 0. The highest BCUT2D eigenvalue weighted by molar-refractivity contribution is 5.58. The number of piperidine rings is 1. The van der Waals surface area contributed by atoms with Crippen molar-refractivity contribution in [2.24, 2.45) is 4.99 Å². The molecule has 1 atom stereocenters. The number of aliphatic imine (C=N–C) groups is 1. The maximum atomic E-state index is 4.23. The molecule has 0 bridgehead atoms. The predicted octanol–water partition coefficient (Wildman–Crippen LogP) is 2.94. The maximum Gasteiger partial charge on any atom is 0.0853 e. The monoisotopic (exact) mass is 184 g/mol. The second-order valence-electron chi connectivity index (χ2n) is 2.87. The highest BCUT2D eigenvalue weighted by atomic mass is 15.2. The molecule has 1 unspecified atom stereocenters. The van der Waals surface area contributed by atoms with Gasteiger partial charge in [-0.2, -0.15) is 0 Å². The molecule has 2 heteroatoms. The first-order valence-corrected chi connectivity index (χ1v) is 5.72. The van der Waals surface area contributed by atoms with Crippen molar-refractivity contribution in [2.45, 2.75) is 53.0 Å². The molecule has 0 aromatic carbocycles. The van der Waals surface area contributed by atoms with Gasteiger partial charge in [-0.25, -0.2) is 0 Å². The van der Waals surface area contributed by atoms with Crippen LogP contribution in [-0.2, 0) is 0 Å². The summed E-state index contributed by atoms with van der Waals surface area (Å²) in [6.07, 6.45) is 6.15. The second kappa shape index (κ2) is 8.09. The second-order valence-corrected chi connectivity index (χ2v) is 2.87. The van der Waals surface area contributed by atoms with Crippen LogP contribution in [0.3, 0.4) is 0 Å². The highest BCUT2D eigenvalue weighted by Crippen LogP contribution is 2.18. The first-order valence-electron chi connectivity index (χ1n) is 5.72. The van der Waals surface area contributed by atoms with Crippen LogP contribution in [0.2, 0.25) is 0 Å². The third-order valence-electron chi connectivity index (χ3n) is 2.22. The zero-order valence-electron chi connectivity index (χ0n) is 9.58. The fraction of sp³-hybridized carbons (Fsp3) is 0.909. The summed E-state index contributed by atoms with van der Waals surface area (Å²) in [6, 6.07) is 0.777. The number of nitrogens with zero attached hydrogens (tertiary/aromatic N) is 2. The SMILES string of the molecule is C1=NCC2CCCCN12.CC.CC. The minimum atomic E-state index is 0.777. The summed E-state index contributed by atoms with van der Waals surface area (Å²) in [7, 11) is 0. The van der Waals surface area contributed by atoms with Crippen molar-refractivity contribution in [1.29, 1.82) is 0 Å². The van der Waals surface area contributed by atoms with Crippen molar-refractivity contribution in [2.75, 3.05) is 13.1 Å². The van der Waals surface area contributed by atoms with E-state index in [0.29, 0.717) is 0 Å². The Balaban J connectivity index is 0.000000322. The van der Waals surface area contributed by atoms with Crippen LogP contribution in [-0.4, -0.2) is 30.4 Å². The predicted molar refractivity (Wildman–Crippen MR) is 60.4 cm³/mol. The number of fused-ring (bicyclic) bond motifs is 1. The largest absolute Gasteiger partial charge is 0.358 e. The minimum Gasteiger partial charge on any atom is -0.358 e. The van der Waals surface area contributed by atoms with E-state index in [2.05, 4.69) is 9.89 Å². The van der Waals surface area contributed by atoms with E-state index in [9.17, 15) is 0 Å². The molecule has 13 heavy (non-hydrogen) atoms. The van der Waals surface area contributed by atoms with Crippen molar-refractivity contribution < 1.29 is 0 Å². The molecule has 0 amide bonds. The summed E-state index contributed by atoms with van der Waals surface area (Å²) in [5, 5.41) is 0. The Kier molecular flexibility index (Phi) is 7.76. The third-order valence-corrected chi connectivity index (χ3v) is 2.22. The van der Waals surface area contributed by atoms with Crippen molar-refractivity contribution in [3.8, 4) is 0 Å². The van der Waals surface area contributed by atoms with Crippen molar-refractivity contribution >= 4 is 6.34 Å². The van der Waals surface area contributed by atoms with Gasteiger partial charge in [-0.05, 0) is 19.3 Å². The summed E-state index contributed by atoms with van der Waals surface area (Å²) in [5.41, 5.74) is 0. The lowest BCUT2D eigenvalue weighted by Gasteiger charge is -2.28. The maximum absolute atomic E-state index is 4.23. The van der Waals surface area contributed by atoms with Gasteiger partial charge in [0.2, 0.25) is 0 Å². The zero-order valence-corrected chi connectivity index (χ0v) is 9.58. The van der Waals surface area contributed by atoms with Gasteiger partial charge in [-0.1, -0.05) is 27.7 Å². The van der Waals surface area contributed by atoms with Gasteiger partial charge in [0, 0.05) is 12.6 Å². The average Bonchev–Trinajstić information content (AvgIpc) is 2.71. The Bertz CT molecular complexity index is 132. The molecule has 0 saturated carbocycles. The molecule has 0 aliphatic carbocycles. The van der Waals surface area contributed by atoms with E-state index < -0.39 is 0 Å². The van der Waals surface area contributed by atoms with E-state index in [4.69, 9.17) is 0 Å². The Labute approximate surface area is 83.0 Å². The highest BCUT2D eigenvalue weighted by Gasteiger charge is 2.22. The van der Waals surface area contributed by atoms with Gasteiger partial charge >= 0.3 is 0 Å². The fourth-order valence-electron chi connectivity index (χ4n) is 1.64. The lowest BCUT2D eigenvalue weighted by atomic mass is 10.0. The molecule has 78 valence electrons. The molecule has 2 rings (SSSR count). The van der Waals surface area contributed by atoms with Crippen LogP contribution < -0.4 is 0 Å². The topological polar surface area (TPSA) is 15.6 Å². The molecule has 0 aromatic heterocycles. The summed E-state index contributed by atoms with van der Waals surface area (Å²) in [4.78, 5) is 6.61. The molecule has 0 N–H and O–H groups in total. The van der Waals surface area contributed by atoms with Crippen LogP contribution in [0.4, 0.5) is 0 Å². The molecule has 0 radical (unpaired) electrons. The van der Waals surface area contributed by atoms with E-state index in [0.717, 1.165) is 12.6 Å². The van der Waals surface area contributed by atoms with Gasteiger partial charge < -0.3 is 4.90 Å². The standard InChI is InChI=1S/C7H12N2.2C2H6/c1-2-4-9-6-8-5-7(9)3-1;2*1-2/h6-7H,1-5H2;2*1-2H3. The van der Waals surface area contributed by atoms with Gasteiger partial charge in [0.05, 0.1) is 12.9 Å². The summed E-state index contributed by atoms with van der Waals surface area (Å²) in [6.45, 7) is 10.3. The lowest BCUT2D eigenvalue weighted by Crippen LogP contribution is -2.35. The molecule has 1 fully saturated rings. The van der Waals surface area contributed by atoms with Crippen LogP contribution in [0.15, 0.2) is 4.99 Å². The van der Waals surface area contributed by atoms with Crippen LogP contribution in [0.25, 0.3) is 0 Å². The van der Waals surface area contributed by atoms with Crippen molar-refractivity contribution in [1.82, 2.24) is 4.90 Å². The normalized spacial score (nSPS) is 23.7. The van der Waals surface area contributed by atoms with Crippen molar-refractivity contribution in [3.05, 3.63) is 0 Å². The Morgan fingerprint density at radius 3 is 2.46 bits per heavy atom. The van der Waals surface area contributed by atoms with Gasteiger partial charge in [0.15, 0.2) is 0 Å². The van der Waals surface area contributed by atoms with E-state index in [1.807, 2.05) is 34.0 Å². The van der Waals surface area contributed by atoms with E-state index in [1.54, 1.807) is 0 Å². The van der Waals surface area contributed by atoms with E-state index in [1.165, 1.54) is 25.8 Å². The molecule has 2 aliphatic rings. The molecule has 1 saturated heterocycles. The Hall–Kier alpha value is -0.530. The molecule has 0 aromatic rings. The van der Waals surface area contributed by atoms with Crippen LogP contribution in [0, 0.1) is 0 Å². The Morgan fingerprint density at radius 1 is 1.15 bits per heavy atom. The molecular weight excluding hydrogens is 160 g/mol. The zero-order chi connectivity index (χ0) is 10.1. The smallest absolute Gasteiger partial charge is 0.0853 e. The van der Waals surface area contributed by atoms with E-state index in [-0.39, 0.29) is 0 Å². The van der Waals surface area contributed by atoms with Gasteiger partial charge in [0.25, 0.3) is 0 Å². The van der Waals surface area contributed by atoms with Gasteiger partial charge in [-0.3, -0.25) is 4.99 Å². The quantitative estimate of drug-likeness (QED) is 0.565. The van der Waals surface area contributed by atoms with Gasteiger partial charge in [-0.15, -0.1) is 0 Å². The average molecular weight is 184 g/mol. The molecular formula is C11H24N2. The number of hydrogen-bond acceptors (Lipinski definition) is 2. The van der Waals surface area contributed by atoms with Crippen molar-refractivity contribution in [3.63, 3.8) is 0 Å².